The van der Waals surface area contributed by atoms with Gasteiger partial charge in [0.25, 0.3) is 0 Å². The van der Waals surface area contributed by atoms with Crippen LogP contribution in [0.3, 0.4) is 0 Å². The van der Waals surface area contributed by atoms with Crippen molar-refractivity contribution in [2.45, 2.75) is 71.2 Å². The van der Waals surface area contributed by atoms with Gasteiger partial charge in [-0.1, -0.05) is 73.1 Å². The van der Waals surface area contributed by atoms with Crippen LogP contribution in [0.15, 0.2) is 65.7 Å². The van der Waals surface area contributed by atoms with Crippen molar-refractivity contribution in [1.82, 2.24) is 10.2 Å². The summed E-state index contributed by atoms with van der Waals surface area (Å²) in [4.78, 5) is 28.1. The van der Waals surface area contributed by atoms with E-state index in [-0.39, 0.29) is 17.4 Å². The van der Waals surface area contributed by atoms with Crippen LogP contribution in [0.25, 0.3) is 11.1 Å². The molecule has 1 fully saturated rings. The second-order valence-electron chi connectivity index (χ2n) is 10.9. The van der Waals surface area contributed by atoms with Crippen molar-refractivity contribution in [3.63, 3.8) is 0 Å². The third kappa shape index (κ3) is 8.26. The highest BCUT2D eigenvalue weighted by Gasteiger charge is 2.45. The Morgan fingerprint density at radius 3 is 2.53 bits per heavy atom. The van der Waals surface area contributed by atoms with Crippen LogP contribution in [0.2, 0.25) is 0 Å². The van der Waals surface area contributed by atoms with Crippen LogP contribution in [-0.2, 0) is 25.7 Å². The lowest BCUT2D eigenvalue weighted by molar-refractivity contribution is -0.152. The molecule has 1 heterocycles. The number of amides is 1. The molecule has 0 bridgehead atoms. The van der Waals surface area contributed by atoms with Crippen molar-refractivity contribution in [2.75, 3.05) is 20.2 Å². The van der Waals surface area contributed by atoms with Gasteiger partial charge in [-0.3, -0.25) is 4.79 Å². The normalized spacial score (nSPS) is 18.3. The molecule has 1 amide bonds. The zero-order valence-corrected chi connectivity index (χ0v) is 24.6. The number of carbonyl (C=O) groups excluding carboxylic acids is 2. The number of benzene rings is 2. The highest BCUT2D eigenvalue weighted by Crippen LogP contribution is 2.29. The van der Waals surface area contributed by atoms with Gasteiger partial charge in [0, 0.05) is 17.4 Å². The van der Waals surface area contributed by atoms with Crippen LogP contribution >= 0.6 is 15.9 Å². The first-order chi connectivity index (χ1) is 18.1. The first kappa shape index (κ1) is 30.1. The van der Waals surface area contributed by atoms with Crippen LogP contribution in [-0.4, -0.2) is 55.2 Å². The summed E-state index contributed by atoms with van der Waals surface area (Å²) in [6.45, 7) is 11.4. The Labute approximate surface area is 235 Å². The monoisotopic (exact) mass is 584 g/mol. The van der Waals surface area contributed by atoms with Crippen molar-refractivity contribution in [2.24, 2.45) is 5.41 Å². The number of hydrogen-bond acceptors (Lipinski definition) is 5. The minimum Gasteiger partial charge on any atom is -0.467 e. The lowest BCUT2D eigenvalue weighted by Gasteiger charge is -2.35. The fourth-order valence-corrected chi connectivity index (χ4v) is 5.23. The molecule has 0 saturated carbocycles. The lowest BCUT2D eigenvalue weighted by atomic mass is 9.85. The van der Waals surface area contributed by atoms with Gasteiger partial charge in [0.1, 0.15) is 6.04 Å². The second kappa shape index (κ2) is 14.1. The van der Waals surface area contributed by atoms with Gasteiger partial charge in [0.05, 0.1) is 25.9 Å². The zero-order chi connectivity index (χ0) is 27.7. The summed E-state index contributed by atoms with van der Waals surface area (Å²) in [5.74, 6) is -0.487. The smallest absolute Gasteiger partial charge is 0.328 e. The van der Waals surface area contributed by atoms with Crippen LogP contribution in [0, 0.1) is 5.41 Å². The van der Waals surface area contributed by atoms with E-state index in [9.17, 15) is 9.59 Å². The molecule has 0 spiro atoms. The number of allylic oxidation sites excluding steroid dienone is 1. The van der Waals surface area contributed by atoms with Crippen LogP contribution in [0.5, 0.6) is 0 Å². The molecule has 0 aromatic heterocycles. The predicted molar refractivity (Wildman–Crippen MR) is 156 cm³/mol. The SMILES string of the molecule is C=CCCCCN[C@H](C(=O)N1C[C@H](OCc2cccc(-c3cccc(Br)c3)c2)C[C@H]1C(=O)OC)C(C)(C)C. The highest BCUT2D eigenvalue weighted by molar-refractivity contribution is 9.10. The summed E-state index contributed by atoms with van der Waals surface area (Å²) < 4.78 is 12.4. The Bertz CT molecular complexity index is 1100. The summed E-state index contributed by atoms with van der Waals surface area (Å²) in [7, 11) is 1.37. The van der Waals surface area contributed by atoms with Crippen molar-refractivity contribution < 1.29 is 19.1 Å². The Morgan fingerprint density at radius 1 is 1.16 bits per heavy atom. The zero-order valence-electron chi connectivity index (χ0n) is 23.0. The standard InChI is InChI=1S/C31H41BrN2O4/c1-6-7-8-9-16-33-28(31(2,3)4)29(35)34-20-26(19-27(34)30(36)37-5)38-21-22-12-10-13-23(17-22)24-14-11-15-25(32)18-24/h6,10-15,17-18,26-28,33H,1,7-9,16,19-21H2,2-5H3/t26-,27+,28-/m1/s1. The van der Waals surface area contributed by atoms with E-state index in [4.69, 9.17) is 9.47 Å². The molecule has 0 aliphatic carbocycles. The summed E-state index contributed by atoms with van der Waals surface area (Å²) in [6, 6.07) is 15.3. The van der Waals surface area contributed by atoms with E-state index in [0.717, 1.165) is 47.0 Å². The largest absolute Gasteiger partial charge is 0.467 e. The van der Waals surface area contributed by atoms with E-state index in [1.807, 2.05) is 51.1 Å². The molecule has 1 N–H and O–H groups in total. The summed E-state index contributed by atoms with van der Waals surface area (Å²) in [5, 5.41) is 3.45. The van der Waals surface area contributed by atoms with E-state index >= 15 is 0 Å². The minimum atomic E-state index is -0.655. The maximum Gasteiger partial charge on any atom is 0.328 e. The van der Waals surface area contributed by atoms with Crippen LogP contribution in [0.4, 0.5) is 0 Å². The molecule has 1 aliphatic rings. The third-order valence-corrected chi connectivity index (χ3v) is 7.38. The van der Waals surface area contributed by atoms with Crippen molar-refractivity contribution in [1.29, 1.82) is 0 Å². The number of nitrogens with zero attached hydrogens (tertiary/aromatic N) is 1. The number of ether oxygens (including phenoxy) is 2. The van der Waals surface area contributed by atoms with Gasteiger partial charge in [-0.05, 0) is 66.1 Å². The molecule has 206 valence electrons. The number of halogens is 1. The minimum absolute atomic E-state index is 0.0839. The lowest BCUT2D eigenvalue weighted by Crippen LogP contribution is -2.55. The number of unbranched alkanes of at least 4 members (excludes halogenated alkanes) is 2. The average molecular weight is 586 g/mol. The molecular formula is C31H41BrN2O4. The fourth-order valence-electron chi connectivity index (χ4n) is 4.83. The molecule has 3 rings (SSSR count). The summed E-state index contributed by atoms with van der Waals surface area (Å²) in [5.41, 5.74) is 2.95. The molecule has 6 nitrogen and oxygen atoms in total. The number of methoxy groups -OCH3 is 1. The van der Waals surface area contributed by atoms with E-state index in [1.165, 1.54) is 7.11 Å². The Balaban J connectivity index is 1.69. The predicted octanol–water partition coefficient (Wildman–Crippen LogP) is 6.14. The molecule has 38 heavy (non-hydrogen) atoms. The molecule has 0 unspecified atom stereocenters. The Hall–Kier alpha value is -2.48. The third-order valence-electron chi connectivity index (χ3n) is 6.89. The maximum atomic E-state index is 13.8. The van der Waals surface area contributed by atoms with Gasteiger partial charge < -0.3 is 19.7 Å². The first-order valence-corrected chi connectivity index (χ1v) is 14.1. The Morgan fingerprint density at radius 2 is 1.87 bits per heavy atom. The highest BCUT2D eigenvalue weighted by atomic mass is 79.9. The molecular weight excluding hydrogens is 544 g/mol. The topological polar surface area (TPSA) is 67.9 Å². The maximum absolute atomic E-state index is 13.8. The van der Waals surface area contributed by atoms with Gasteiger partial charge in [-0.25, -0.2) is 4.79 Å². The summed E-state index contributed by atoms with van der Waals surface area (Å²) >= 11 is 3.54. The van der Waals surface area contributed by atoms with Crippen molar-refractivity contribution >= 4 is 27.8 Å². The summed E-state index contributed by atoms with van der Waals surface area (Å²) in [6.07, 6.45) is 5.00. The first-order valence-electron chi connectivity index (χ1n) is 13.3. The Kier molecular flexibility index (Phi) is 11.1. The molecule has 0 radical (unpaired) electrons. The number of carbonyl (C=O) groups is 2. The quantitative estimate of drug-likeness (QED) is 0.184. The van der Waals surface area contributed by atoms with Gasteiger partial charge in [0.15, 0.2) is 0 Å². The van der Waals surface area contributed by atoms with Crippen molar-refractivity contribution in [3.8, 4) is 11.1 Å². The average Bonchev–Trinajstić information content (AvgIpc) is 3.32. The number of nitrogens with one attached hydrogen (secondary N) is 1. The number of hydrogen-bond donors (Lipinski definition) is 1. The van der Waals surface area contributed by atoms with E-state index in [1.54, 1.807) is 4.90 Å². The molecule has 2 aromatic rings. The molecule has 1 aliphatic heterocycles. The fraction of sp³-hybridized carbons (Fsp3) is 0.484. The second-order valence-corrected chi connectivity index (χ2v) is 11.9. The van der Waals surface area contributed by atoms with Crippen LogP contribution in [0.1, 0.15) is 52.0 Å². The van der Waals surface area contributed by atoms with E-state index in [2.05, 4.69) is 52.1 Å². The van der Waals surface area contributed by atoms with Gasteiger partial charge in [-0.15, -0.1) is 6.58 Å². The van der Waals surface area contributed by atoms with E-state index in [0.29, 0.717) is 19.6 Å². The molecule has 7 heteroatoms. The number of esters is 1. The van der Waals surface area contributed by atoms with E-state index < -0.39 is 18.1 Å². The van der Waals surface area contributed by atoms with Gasteiger partial charge >= 0.3 is 5.97 Å². The van der Waals surface area contributed by atoms with Gasteiger partial charge in [-0.2, -0.15) is 0 Å². The molecule has 2 aromatic carbocycles. The van der Waals surface area contributed by atoms with Crippen molar-refractivity contribution in [3.05, 3.63) is 71.2 Å². The number of rotatable bonds is 12. The van der Waals surface area contributed by atoms with Crippen LogP contribution < -0.4 is 5.32 Å². The molecule has 1 saturated heterocycles. The van der Waals surface area contributed by atoms with Gasteiger partial charge in [0.2, 0.25) is 5.91 Å². The molecule has 3 atom stereocenters. The number of likely N-dealkylation sites (tertiary alicyclic amines) is 1.